The highest BCUT2D eigenvalue weighted by Crippen LogP contribution is 2.24. The molecule has 0 aliphatic heterocycles. The van der Waals surface area contributed by atoms with Crippen molar-refractivity contribution in [2.24, 2.45) is 0 Å². The standard InChI is InChI=1S/C13H12Cl2IN3/c1-2-10-12(16)13(17)19-11(18-10)5-7-3-4-8(14)6-9(7)15/h3-4,6H,2,5H2,1H3,(H2,17,18,19). The maximum absolute atomic E-state index is 6.15. The van der Waals surface area contributed by atoms with E-state index in [2.05, 4.69) is 32.6 Å². The fraction of sp³-hybridized carbons (Fsp3) is 0.231. The number of nitrogens with zero attached hydrogens (tertiary/aromatic N) is 2. The number of hydrogen-bond acceptors (Lipinski definition) is 3. The summed E-state index contributed by atoms with van der Waals surface area (Å²) < 4.78 is 0.922. The van der Waals surface area contributed by atoms with Gasteiger partial charge in [-0.3, -0.25) is 0 Å². The summed E-state index contributed by atoms with van der Waals surface area (Å²) in [6.07, 6.45) is 1.37. The molecule has 100 valence electrons. The molecule has 1 heterocycles. The van der Waals surface area contributed by atoms with Crippen molar-refractivity contribution in [1.82, 2.24) is 9.97 Å². The number of aryl methyl sites for hydroxylation is 1. The lowest BCUT2D eigenvalue weighted by molar-refractivity contribution is 0.901. The Morgan fingerprint density at radius 3 is 2.63 bits per heavy atom. The fourth-order valence-corrected chi connectivity index (χ4v) is 2.81. The van der Waals surface area contributed by atoms with Crippen LogP contribution in [0.4, 0.5) is 5.82 Å². The molecular formula is C13H12Cl2IN3. The topological polar surface area (TPSA) is 51.8 Å². The Labute approximate surface area is 135 Å². The van der Waals surface area contributed by atoms with Gasteiger partial charge >= 0.3 is 0 Å². The van der Waals surface area contributed by atoms with Crippen molar-refractivity contribution in [1.29, 1.82) is 0 Å². The number of hydrogen-bond donors (Lipinski definition) is 1. The van der Waals surface area contributed by atoms with Crippen LogP contribution in [0.2, 0.25) is 10.0 Å². The Morgan fingerprint density at radius 1 is 1.26 bits per heavy atom. The second-order valence-corrected chi connectivity index (χ2v) is 5.97. The number of nitrogen functional groups attached to an aromatic ring is 1. The molecule has 0 bridgehead atoms. The molecule has 2 aromatic rings. The minimum absolute atomic E-state index is 0.521. The summed E-state index contributed by atoms with van der Waals surface area (Å²) in [5, 5.41) is 1.23. The fourth-order valence-electron chi connectivity index (χ4n) is 1.71. The van der Waals surface area contributed by atoms with Gasteiger partial charge in [-0.2, -0.15) is 0 Å². The SMILES string of the molecule is CCc1nc(Cc2ccc(Cl)cc2Cl)nc(N)c1I. The molecule has 1 aromatic heterocycles. The third-order valence-corrected chi connectivity index (χ3v) is 4.45. The average molecular weight is 408 g/mol. The first-order valence-electron chi connectivity index (χ1n) is 5.76. The first-order valence-corrected chi connectivity index (χ1v) is 7.59. The number of aromatic nitrogens is 2. The van der Waals surface area contributed by atoms with Crippen LogP contribution in [0, 0.1) is 3.57 Å². The van der Waals surface area contributed by atoms with Crippen molar-refractivity contribution in [3.63, 3.8) is 0 Å². The Hall–Kier alpha value is -0.590. The highest BCUT2D eigenvalue weighted by atomic mass is 127. The molecular weight excluding hydrogens is 396 g/mol. The van der Waals surface area contributed by atoms with E-state index in [0.717, 1.165) is 21.2 Å². The minimum Gasteiger partial charge on any atom is -0.383 e. The second kappa shape index (κ2) is 6.24. The molecule has 0 aliphatic rings. The van der Waals surface area contributed by atoms with E-state index in [-0.39, 0.29) is 0 Å². The van der Waals surface area contributed by atoms with Gasteiger partial charge in [0.1, 0.15) is 11.6 Å². The molecule has 0 aliphatic carbocycles. The molecule has 0 radical (unpaired) electrons. The van der Waals surface area contributed by atoms with E-state index in [9.17, 15) is 0 Å². The average Bonchev–Trinajstić information content (AvgIpc) is 2.37. The summed E-state index contributed by atoms with van der Waals surface area (Å²) in [6.45, 7) is 2.04. The molecule has 0 spiro atoms. The smallest absolute Gasteiger partial charge is 0.140 e. The van der Waals surface area contributed by atoms with Gasteiger partial charge in [0.25, 0.3) is 0 Å². The summed E-state index contributed by atoms with van der Waals surface area (Å²) >= 11 is 14.2. The van der Waals surface area contributed by atoms with Gasteiger partial charge in [-0.25, -0.2) is 9.97 Å². The normalized spacial score (nSPS) is 10.7. The van der Waals surface area contributed by atoms with Crippen molar-refractivity contribution >= 4 is 51.6 Å². The van der Waals surface area contributed by atoms with Crippen LogP contribution in [0.5, 0.6) is 0 Å². The van der Waals surface area contributed by atoms with Crippen LogP contribution in [0.1, 0.15) is 24.0 Å². The molecule has 19 heavy (non-hydrogen) atoms. The molecule has 0 amide bonds. The molecule has 2 N–H and O–H groups in total. The lowest BCUT2D eigenvalue weighted by Gasteiger charge is -2.08. The van der Waals surface area contributed by atoms with E-state index in [1.807, 2.05) is 13.0 Å². The van der Waals surface area contributed by atoms with Crippen LogP contribution in [0.15, 0.2) is 18.2 Å². The van der Waals surface area contributed by atoms with E-state index >= 15 is 0 Å². The zero-order chi connectivity index (χ0) is 14.0. The number of halogens is 3. The monoisotopic (exact) mass is 407 g/mol. The van der Waals surface area contributed by atoms with Crippen molar-refractivity contribution in [2.45, 2.75) is 19.8 Å². The van der Waals surface area contributed by atoms with Gasteiger partial charge in [0, 0.05) is 16.5 Å². The van der Waals surface area contributed by atoms with Crippen LogP contribution in [0.3, 0.4) is 0 Å². The molecule has 6 heteroatoms. The van der Waals surface area contributed by atoms with Crippen LogP contribution in [0.25, 0.3) is 0 Å². The summed E-state index contributed by atoms with van der Waals surface area (Å²) in [5.74, 6) is 1.20. The summed E-state index contributed by atoms with van der Waals surface area (Å²) in [6, 6.07) is 5.41. The van der Waals surface area contributed by atoms with Gasteiger partial charge in [0.15, 0.2) is 0 Å². The Balaban J connectivity index is 2.35. The van der Waals surface area contributed by atoms with Crippen LogP contribution >= 0.6 is 45.8 Å². The largest absolute Gasteiger partial charge is 0.383 e. The number of rotatable bonds is 3. The zero-order valence-electron chi connectivity index (χ0n) is 10.3. The lowest BCUT2D eigenvalue weighted by atomic mass is 10.1. The molecule has 0 fully saturated rings. The zero-order valence-corrected chi connectivity index (χ0v) is 13.9. The van der Waals surface area contributed by atoms with Gasteiger partial charge in [-0.1, -0.05) is 36.2 Å². The molecule has 0 unspecified atom stereocenters. The van der Waals surface area contributed by atoms with E-state index in [1.165, 1.54) is 0 Å². The van der Waals surface area contributed by atoms with E-state index in [0.29, 0.717) is 28.1 Å². The lowest BCUT2D eigenvalue weighted by Crippen LogP contribution is -2.07. The first kappa shape index (κ1) is 14.8. The van der Waals surface area contributed by atoms with Gasteiger partial charge in [0.05, 0.1) is 9.26 Å². The number of anilines is 1. The van der Waals surface area contributed by atoms with Crippen molar-refractivity contribution in [3.05, 3.63) is 48.9 Å². The van der Waals surface area contributed by atoms with E-state index in [4.69, 9.17) is 28.9 Å². The maximum Gasteiger partial charge on any atom is 0.140 e. The van der Waals surface area contributed by atoms with Crippen molar-refractivity contribution in [3.8, 4) is 0 Å². The van der Waals surface area contributed by atoms with E-state index in [1.54, 1.807) is 12.1 Å². The van der Waals surface area contributed by atoms with Gasteiger partial charge < -0.3 is 5.73 Å². The first-order chi connectivity index (χ1) is 9.01. The molecule has 0 atom stereocenters. The molecule has 2 rings (SSSR count). The van der Waals surface area contributed by atoms with Crippen molar-refractivity contribution < 1.29 is 0 Å². The quantitative estimate of drug-likeness (QED) is 0.778. The van der Waals surface area contributed by atoms with E-state index < -0.39 is 0 Å². The highest BCUT2D eigenvalue weighted by molar-refractivity contribution is 14.1. The summed E-state index contributed by atoms with van der Waals surface area (Å²) in [5.41, 5.74) is 7.80. The molecule has 0 saturated carbocycles. The summed E-state index contributed by atoms with van der Waals surface area (Å²) in [4.78, 5) is 8.83. The Bertz CT molecular complexity index is 617. The molecule has 1 aromatic carbocycles. The molecule has 0 saturated heterocycles. The Kier molecular flexibility index (Phi) is 4.86. The Morgan fingerprint density at radius 2 is 2.00 bits per heavy atom. The third-order valence-electron chi connectivity index (χ3n) is 2.69. The summed E-state index contributed by atoms with van der Waals surface area (Å²) in [7, 11) is 0. The molecule has 3 nitrogen and oxygen atoms in total. The third kappa shape index (κ3) is 3.49. The van der Waals surface area contributed by atoms with Crippen LogP contribution < -0.4 is 5.73 Å². The van der Waals surface area contributed by atoms with Crippen LogP contribution in [-0.2, 0) is 12.8 Å². The minimum atomic E-state index is 0.521. The maximum atomic E-state index is 6.15. The highest BCUT2D eigenvalue weighted by Gasteiger charge is 2.10. The number of nitrogens with two attached hydrogens (primary N) is 1. The van der Waals surface area contributed by atoms with Gasteiger partial charge in [-0.15, -0.1) is 0 Å². The van der Waals surface area contributed by atoms with Crippen LogP contribution in [-0.4, -0.2) is 9.97 Å². The number of benzene rings is 1. The second-order valence-electron chi connectivity index (χ2n) is 4.05. The predicted octanol–water partition coefficient (Wildman–Crippen LogP) is 4.12. The van der Waals surface area contributed by atoms with Gasteiger partial charge in [-0.05, 0) is 46.7 Å². The predicted molar refractivity (Wildman–Crippen MR) is 87.8 cm³/mol. The van der Waals surface area contributed by atoms with Crippen molar-refractivity contribution in [2.75, 3.05) is 5.73 Å². The van der Waals surface area contributed by atoms with Gasteiger partial charge in [0.2, 0.25) is 0 Å².